The first-order valence-electron chi connectivity index (χ1n) is 12.6. The summed E-state index contributed by atoms with van der Waals surface area (Å²) in [5, 5.41) is 14.1. The van der Waals surface area contributed by atoms with Crippen LogP contribution in [0, 0.1) is 17.2 Å². The lowest BCUT2D eigenvalue weighted by molar-refractivity contribution is -0.274. The number of halogens is 3. The Balaban J connectivity index is 1.21. The molecule has 3 aromatic rings. The van der Waals surface area contributed by atoms with Crippen LogP contribution in [-0.4, -0.2) is 63.9 Å². The van der Waals surface area contributed by atoms with Gasteiger partial charge < -0.3 is 24.4 Å². The number of piperazine rings is 1. The molecule has 0 atom stereocenters. The first kappa shape index (κ1) is 26.8. The van der Waals surface area contributed by atoms with Crippen molar-refractivity contribution in [3.63, 3.8) is 0 Å². The SMILES string of the molecule is N#Cc1ccc(N2CCN(C(=O)c3nc(NC(=O)Nc4ccc(OC(F)(F)F)cc4)cn3CC3CC3)CC2)nc1. The summed E-state index contributed by atoms with van der Waals surface area (Å²) in [4.78, 5) is 38.4. The standard InChI is InChI=1S/C26H25F3N8O3/c27-26(28,29)40-20-6-4-19(5-7-20)32-25(39)34-21-16-37(15-17-1-2-17)23(33-21)24(38)36-11-9-35(10-12-36)22-8-3-18(13-30)14-31-22/h3-8,14,16-17H,1-2,9-12,15H2,(H2,32,34,39). The second-order valence-electron chi connectivity index (χ2n) is 9.49. The van der Waals surface area contributed by atoms with Crippen molar-refractivity contribution in [1.29, 1.82) is 5.26 Å². The van der Waals surface area contributed by atoms with Crippen molar-refractivity contribution in [3.05, 3.63) is 60.2 Å². The zero-order valence-corrected chi connectivity index (χ0v) is 21.2. The number of ether oxygens (including phenoxy) is 1. The van der Waals surface area contributed by atoms with E-state index in [-0.39, 0.29) is 23.2 Å². The third-order valence-electron chi connectivity index (χ3n) is 6.47. The van der Waals surface area contributed by atoms with E-state index in [1.165, 1.54) is 18.3 Å². The molecule has 14 heteroatoms. The van der Waals surface area contributed by atoms with Crippen LogP contribution >= 0.6 is 0 Å². The number of urea groups is 1. The van der Waals surface area contributed by atoms with Crippen LogP contribution < -0.4 is 20.3 Å². The van der Waals surface area contributed by atoms with Crippen LogP contribution in [-0.2, 0) is 6.54 Å². The molecule has 3 amide bonds. The van der Waals surface area contributed by atoms with Gasteiger partial charge in [0.1, 0.15) is 17.6 Å². The molecule has 0 bridgehead atoms. The molecule has 2 aliphatic rings. The number of carbonyl (C=O) groups is 2. The second kappa shape index (κ2) is 11.1. The van der Waals surface area contributed by atoms with E-state index in [9.17, 15) is 22.8 Å². The van der Waals surface area contributed by atoms with Crippen LogP contribution in [0.3, 0.4) is 0 Å². The number of pyridine rings is 1. The van der Waals surface area contributed by atoms with E-state index in [1.807, 2.05) is 11.0 Å². The molecule has 1 saturated carbocycles. The summed E-state index contributed by atoms with van der Waals surface area (Å²) in [6.07, 6.45) is 0.432. The number of hydrogen-bond acceptors (Lipinski definition) is 7. The summed E-state index contributed by atoms with van der Waals surface area (Å²) in [6.45, 7) is 2.64. The lowest BCUT2D eigenvalue weighted by Crippen LogP contribution is -2.49. The largest absolute Gasteiger partial charge is 0.573 e. The predicted octanol–water partition coefficient (Wildman–Crippen LogP) is 4.06. The Labute approximate surface area is 227 Å². The van der Waals surface area contributed by atoms with Gasteiger partial charge in [0.2, 0.25) is 5.82 Å². The predicted molar refractivity (Wildman–Crippen MR) is 138 cm³/mol. The van der Waals surface area contributed by atoms with Crippen LogP contribution in [0.25, 0.3) is 0 Å². The molecule has 5 rings (SSSR count). The fourth-order valence-corrected chi connectivity index (χ4v) is 4.30. The summed E-state index contributed by atoms with van der Waals surface area (Å²) < 4.78 is 42.6. The number of imidazole rings is 1. The Kier molecular flexibility index (Phi) is 7.45. The molecule has 3 heterocycles. The highest BCUT2D eigenvalue weighted by atomic mass is 19.4. The number of carbonyl (C=O) groups excluding carboxylic acids is 2. The minimum Gasteiger partial charge on any atom is -0.406 e. The Morgan fingerprint density at radius 3 is 2.38 bits per heavy atom. The molecule has 2 fully saturated rings. The number of hydrogen-bond donors (Lipinski definition) is 2. The van der Waals surface area contributed by atoms with Crippen molar-refractivity contribution in [1.82, 2.24) is 19.4 Å². The van der Waals surface area contributed by atoms with Gasteiger partial charge in [0.25, 0.3) is 5.91 Å². The highest BCUT2D eigenvalue weighted by Crippen LogP contribution is 2.32. The maximum absolute atomic E-state index is 13.4. The second-order valence-corrected chi connectivity index (χ2v) is 9.49. The van der Waals surface area contributed by atoms with Crippen LogP contribution in [0.5, 0.6) is 5.75 Å². The number of alkyl halides is 3. The van der Waals surface area contributed by atoms with Crippen molar-refractivity contribution >= 4 is 29.3 Å². The minimum absolute atomic E-state index is 0.180. The van der Waals surface area contributed by atoms with Gasteiger partial charge in [-0.1, -0.05) is 0 Å². The van der Waals surface area contributed by atoms with E-state index in [0.717, 1.165) is 30.8 Å². The van der Waals surface area contributed by atoms with Crippen molar-refractivity contribution in [3.8, 4) is 11.8 Å². The number of amides is 3. The number of nitrogens with zero attached hydrogens (tertiary/aromatic N) is 6. The van der Waals surface area contributed by atoms with Gasteiger partial charge >= 0.3 is 12.4 Å². The minimum atomic E-state index is -4.81. The van der Waals surface area contributed by atoms with Crippen molar-refractivity contribution < 1.29 is 27.5 Å². The van der Waals surface area contributed by atoms with Crippen LogP contribution in [0.4, 0.5) is 35.3 Å². The van der Waals surface area contributed by atoms with E-state index >= 15 is 0 Å². The third-order valence-corrected chi connectivity index (χ3v) is 6.47. The van der Waals surface area contributed by atoms with Crippen molar-refractivity contribution in [2.24, 2.45) is 5.92 Å². The molecule has 1 aromatic carbocycles. The molecule has 0 unspecified atom stereocenters. The van der Waals surface area contributed by atoms with Crippen molar-refractivity contribution in [2.75, 3.05) is 41.7 Å². The quantitative estimate of drug-likeness (QED) is 0.451. The van der Waals surface area contributed by atoms with Gasteiger partial charge in [0.05, 0.1) is 5.56 Å². The summed E-state index contributed by atoms with van der Waals surface area (Å²) in [5.41, 5.74) is 0.724. The van der Waals surface area contributed by atoms with Crippen LogP contribution in [0.2, 0.25) is 0 Å². The molecule has 208 valence electrons. The highest BCUT2D eigenvalue weighted by Gasteiger charge is 2.31. The Bertz CT molecular complexity index is 1400. The normalized spacial score (nSPS) is 15.3. The molecule has 0 spiro atoms. The molecule has 2 N–H and O–H groups in total. The topological polar surface area (TPSA) is 128 Å². The lowest BCUT2D eigenvalue weighted by Gasteiger charge is -2.35. The Hall–Kier alpha value is -4.80. The van der Waals surface area contributed by atoms with Gasteiger partial charge in [-0.2, -0.15) is 5.26 Å². The fourth-order valence-electron chi connectivity index (χ4n) is 4.30. The van der Waals surface area contributed by atoms with Crippen LogP contribution in [0.15, 0.2) is 48.8 Å². The van der Waals surface area contributed by atoms with Gasteiger partial charge in [-0.25, -0.2) is 14.8 Å². The van der Waals surface area contributed by atoms with E-state index in [2.05, 4.69) is 25.3 Å². The molecule has 1 saturated heterocycles. The van der Waals surface area contributed by atoms with Crippen LogP contribution in [0.1, 0.15) is 29.0 Å². The molecule has 1 aliphatic carbocycles. The smallest absolute Gasteiger partial charge is 0.406 e. The maximum atomic E-state index is 13.4. The van der Waals surface area contributed by atoms with Gasteiger partial charge in [-0.3, -0.25) is 10.1 Å². The first-order valence-corrected chi connectivity index (χ1v) is 12.6. The molecule has 0 radical (unpaired) electrons. The average molecular weight is 555 g/mol. The number of aromatic nitrogens is 3. The molecule has 11 nitrogen and oxygen atoms in total. The van der Waals surface area contributed by atoms with E-state index < -0.39 is 18.1 Å². The zero-order chi connectivity index (χ0) is 28.3. The summed E-state index contributed by atoms with van der Waals surface area (Å²) in [5.74, 6) is 0.927. The Morgan fingerprint density at radius 1 is 1.05 bits per heavy atom. The number of rotatable bonds is 7. The van der Waals surface area contributed by atoms with Gasteiger partial charge in [0, 0.05) is 50.8 Å². The van der Waals surface area contributed by atoms with E-state index in [4.69, 9.17) is 5.26 Å². The average Bonchev–Trinajstić information content (AvgIpc) is 3.67. The van der Waals surface area contributed by atoms with Gasteiger partial charge in [-0.05, 0) is 55.2 Å². The summed E-state index contributed by atoms with van der Waals surface area (Å²) in [7, 11) is 0. The van der Waals surface area contributed by atoms with Gasteiger partial charge in [-0.15, -0.1) is 13.2 Å². The van der Waals surface area contributed by atoms with E-state index in [0.29, 0.717) is 44.2 Å². The third kappa shape index (κ3) is 6.79. The number of benzene rings is 1. The molecular weight excluding hydrogens is 529 g/mol. The number of anilines is 3. The fraction of sp³-hybridized carbons (Fsp3) is 0.346. The lowest BCUT2D eigenvalue weighted by atomic mass is 10.2. The number of nitrogens with one attached hydrogen (secondary N) is 2. The number of nitriles is 1. The summed E-state index contributed by atoms with van der Waals surface area (Å²) >= 11 is 0. The maximum Gasteiger partial charge on any atom is 0.573 e. The molecule has 2 aromatic heterocycles. The zero-order valence-electron chi connectivity index (χ0n) is 21.2. The monoisotopic (exact) mass is 554 g/mol. The summed E-state index contributed by atoms with van der Waals surface area (Å²) in [6, 6.07) is 9.58. The highest BCUT2D eigenvalue weighted by molar-refractivity contribution is 6.00. The molecular formula is C26H25F3N8O3. The molecule has 40 heavy (non-hydrogen) atoms. The Morgan fingerprint density at radius 2 is 1.77 bits per heavy atom. The molecule has 1 aliphatic heterocycles. The van der Waals surface area contributed by atoms with Crippen molar-refractivity contribution in [2.45, 2.75) is 25.7 Å². The van der Waals surface area contributed by atoms with E-state index in [1.54, 1.807) is 27.8 Å². The van der Waals surface area contributed by atoms with Gasteiger partial charge in [0.15, 0.2) is 5.82 Å². The first-order chi connectivity index (χ1) is 19.2.